The Morgan fingerprint density at radius 2 is 1.33 bits per heavy atom. The van der Waals surface area contributed by atoms with Crippen molar-refractivity contribution in [3.63, 3.8) is 0 Å². The number of nitrogens with zero attached hydrogens (tertiary/aromatic N) is 4. The van der Waals surface area contributed by atoms with Crippen molar-refractivity contribution >= 4 is 10.0 Å². The topological polar surface area (TPSA) is 67.7 Å². The Kier molecular flexibility index (Phi) is 8.36. The zero-order valence-electron chi connectivity index (χ0n) is 15.1. The molecule has 7 heteroatoms. The van der Waals surface area contributed by atoms with Gasteiger partial charge in [0.2, 0.25) is 10.0 Å². The van der Waals surface area contributed by atoms with E-state index in [4.69, 9.17) is 5.26 Å². The molecule has 0 fully saturated rings. The third kappa shape index (κ3) is 6.57. The Hall–Kier alpha value is -1.46. The van der Waals surface area contributed by atoms with Crippen LogP contribution in [0.5, 0.6) is 0 Å². The zero-order chi connectivity index (χ0) is 18.2. The van der Waals surface area contributed by atoms with Crippen LogP contribution in [0.25, 0.3) is 0 Å². The van der Waals surface area contributed by atoms with Crippen molar-refractivity contribution in [3.8, 4) is 6.07 Å². The Labute approximate surface area is 146 Å². The summed E-state index contributed by atoms with van der Waals surface area (Å²) in [7, 11) is 4.38. The van der Waals surface area contributed by atoms with Gasteiger partial charge in [-0.15, -0.1) is 0 Å². The summed E-state index contributed by atoms with van der Waals surface area (Å²) in [5.74, 6) is 0. The number of nitriles is 1. The molecular weight excluding hydrogens is 324 g/mol. The third-order valence-electron chi connectivity index (χ3n) is 3.65. The molecule has 24 heavy (non-hydrogen) atoms. The van der Waals surface area contributed by atoms with Gasteiger partial charge in [0.05, 0.1) is 16.5 Å². The van der Waals surface area contributed by atoms with Crippen molar-refractivity contribution in [1.29, 1.82) is 5.26 Å². The van der Waals surface area contributed by atoms with E-state index in [1.165, 1.54) is 12.1 Å². The second-order valence-corrected chi connectivity index (χ2v) is 8.29. The largest absolute Gasteiger partial charge is 0.309 e. The highest BCUT2D eigenvalue weighted by Crippen LogP contribution is 2.17. The minimum Gasteiger partial charge on any atom is -0.309 e. The van der Waals surface area contributed by atoms with Crippen LogP contribution in [0, 0.1) is 11.3 Å². The van der Waals surface area contributed by atoms with Crippen LogP contribution in [0.3, 0.4) is 0 Å². The van der Waals surface area contributed by atoms with Crippen molar-refractivity contribution in [2.75, 3.05) is 54.4 Å². The fourth-order valence-corrected chi connectivity index (χ4v) is 3.85. The first-order valence-corrected chi connectivity index (χ1v) is 9.51. The molecule has 0 aliphatic heterocycles. The number of hydrogen-bond donors (Lipinski definition) is 0. The molecule has 0 amide bonds. The highest BCUT2D eigenvalue weighted by atomic mass is 32.2. The summed E-state index contributed by atoms with van der Waals surface area (Å²) in [6, 6.07) is 8.13. The molecule has 0 unspecified atom stereocenters. The van der Waals surface area contributed by atoms with Crippen LogP contribution in [-0.4, -0.2) is 76.9 Å². The first-order chi connectivity index (χ1) is 11.3. The van der Waals surface area contributed by atoms with Crippen LogP contribution in [0.4, 0.5) is 0 Å². The van der Waals surface area contributed by atoms with Gasteiger partial charge >= 0.3 is 0 Å². The Bertz CT molecular complexity index is 620. The van der Waals surface area contributed by atoms with Crippen molar-refractivity contribution in [1.82, 2.24) is 14.1 Å². The van der Waals surface area contributed by atoms with Crippen LogP contribution < -0.4 is 0 Å². The van der Waals surface area contributed by atoms with E-state index < -0.39 is 10.0 Å². The van der Waals surface area contributed by atoms with Crippen molar-refractivity contribution in [3.05, 3.63) is 29.8 Å². The summed E-state index contributed by atoms with van der Waals surface area (Å²) in [5.41, 5.74) is 0.459. The lowest BCUT2D eigenvalue weighted by atomic mass is 10.2. The highest BCUT2D eigenvalue weighted by molar-refractivity contribution is 7.89. The summed E-state index contributed by atoms with van der Waals surface area (Å²) in [6.07, 6.45) is 1.56. The summed E-state index contributed by atoms with van der Waals surface area (Å²) in [4.78, 5) is 4.34. The predicted molar refractivity (Wildman–Crippen MR) is 96.3 cm³/mol. The number of sulfonamides is 1. The second-order valence-electron chi connectivity index (χ2n) is 6.35. The zero-order valence-corrected chi connectivity index (χ0v) is 15.9. The molecule has 0 saturated carbocycles. The number of rotatable bonds is 10. The monoisotopic (exact) mass is 352 g/mol. The lowest BCUT2D eigenvalue weighted by Gasteiger charge is -2.24. The van der Waals surface area contributed by atoms with Crippen molar-refractivity contribution < 1.29 is 8.42 Å². The lowest BCUT2D eigenvalue weighted by Crippen LogP contribution is -2.35. The molecule has 0 radical (unpaired) electrons. The van der Waals surface area contributed by atoms with Crippen molar-refractivity contribution in [2.24, 2.45) is 0 Å². The fourth-order valence-electron chi connectivity index (χ4n) is 2.33. The summed E-state index contributed by atoms with van der Waals surface area (Å²) >= 11 is 0. The van der Waals surface area contributed by atoms with Gasteiger partial charge in [0.25, 0.3) is 0 Å². The molecule has 0 heterocycles. The van der Waals surface area contributed by atoms with Crippen LogP contribution in [-0.2, 0) is 10.0 Å². The van der Waals surface area contributed by atoms with Gasteiger partial charge in [0, 0.05) is 13.1 Å². The first kappa shape index (κ1) is 20.6. The van der Waals surface area contributed by atoms with Gasteiger partial charge in [-0.2, -0.15) is 9.57 Å². The average Bonchev–Trinajstić information content (AvgIpc) is 2.52. The van der Waals surface area contributed by atoms with E-state index in [2.05, 4.69) is 0 Å². The molecule has 0 spiro atoms. The lowest BCUT2D eigenvalue weighted by molar-refractivity contribution is 0.326. The third-order valence-corrected chi connectivity index (χ3v) is 5.56. The molecule has 0 bridgehead atoms. The summed E-state index contributed by atoms with van der Waals surface area (Å²) in [6.45, 7) is 2.67. The van der Waals surface area contributed by atoms with E-state index >= 15 is 0 Å². The molecule has 6 nitrogen and oxygen atoms in total. The smallest absolute Gasteiger partial charge is 0.243 e. The van der Waals surface area contributed by atoms with E-state index in [1.54, 1.807) is 16.4 Å². The maximum Gasteiger partial charge on any atom is 0.243 e. The minimum absolute atomic E-state index is 0.246. The predicted octanol–water partition coefficient (Wildman–Crippen LogP) is 1.45. The molecule has 0 aliphatic carbocycles. The molecular formula is C17H28N4O2S. The average molecular weight is 353 g/mol. The van der Waals surface area contributed by atoms with Crippen molar-refractivity contribution in [2.45, 2.75) is 17.7 Å². The maximum atomic E-state index is 12.9. The highest BCUT2D eigenvalue weighted by Gasteiger charge is 2.23. The second kappa shape index (κ2) is 9.74. The van der Waals surface area contributed by atoms with E-state index in [0.29, 0.717) is 18.7 Å². The molecule has 1 rings (SSSR count). The fraction of sp³-hybridized carbons (Fsp3) is 0.588. The molecule has 1 aromatic carbocycles. The van der Waals surface area contributed by atoms with E-state index in [1.807, 2.05) is 44.1 Å². The van der Waals surface area contributed by atoms with E-state index in [-0.39, 0.29) is 4.90 Å². The van der Waals surface area contributed by atoms with Crippen LogP contribution in [0.1, 0.15) is 18.4 Å². The molecule has 0 atom stereocenters. The maximum absolute atomic E-state index is 12.9. The molecule has 0 aliphatic rings. The Balaban J connectivity index is 2.89. The standard InChI is InChI=1S/C17H28N4O2S/c1-19(2)11-5-13-21(14-6-12-20(3)4)24(22,23)17-9-7-16(15-18)8-10-17/h7-10H,5-6,11-14H2,1-4H3. The van der Waals surface area contributed by atoms with Gasteiger partial charge in [0.15, 0.2) is 0 Å². The molecule has 0 saturated heterocycles. The normalized spacial score (nSPS) is 12.1. The number of benzene rings is 1. The molecule has 1 aromatic rings. The van der Waals surface area contributed by atoms with Crippen LogP contribution >= 0.6 is 0 Å². The molecule has 0 aromatic heterocycles. The van der Waals surface area contributed by atoms with Gasteiger partial charge < -0.3 is 9.80 Å². The molecule has 0 N–H and O–H groups in total. The van der Waals surface area contributed by atoms with Gasteiger partial charge in [-0.3, -0.25) is 0 Å². The van der Waals surface area contributed by atoms with Gasteiger partial charge in [-0.05, 0) is 78.4 Å². The van der Waals surface area contributed by atoms with Gasteiger partial charge in [0.1, 0.15) is 0 Å². The van der Waals surface area contributed by atoms with E-state index in [0.717, 1.165) is 25.9 Å². The van der Waals surface area contributed by atoms with Gasteiger partial charge in [-0.1, -0.05) is 0 Å². The summed E-state index contributed by atoms with van der Waals surface area (Å²) < 4.78 is 27.4. The van der Waals surface area contributed by atoms with E-state index in [9.17, 15) is 8.42 Å². The van der Waals surface area contributed by atoms with Crippen LogP contribution in [0.2, 0.25) is 0 Å². The first-order valence-electron chi connectivity index (χ1n) is 8.07. The Morgan fingerprint density at radius 1 is 0.875 bits per heavy atom. The minimum atomic E-state index is -3.54. The Morgan fingerprint density at radius 3 is 1.71 bits per heavy atom. The quantitative estimate of drug-likeness (QED) is 0.638. The van der Waals surface area contributed by atoms with Crippen LogP contribution in [0.15, 0.2) is 29.2 Å². The molecule has 134 valence electrons. The summed E-state index contributed by atoms with van der Waals surface area (Å²) in [5, 5.41) is 8.86. The SMILES string of the molecule is CN(C)CCCN(CCCN(C)C)S(=O)(=O)c1ccc(C#N)cc1. The number of hydrogen-bond acceptors (Lipinski definition) is 5. The van der Waals surface area contributed by atoms with Gasteiger partial charge in [-0.25, -0.2) is 8.42 Å².